The monoisotopic (exact) mass is 499 g/mol. The van der Waals surface area contributed by atoms with Crippen molar-refractivity contribution >= 4 is 23.1 Å². The molecular weight excluding hydrogens is 475 g/mol. The highest BCUT2D eigenvalue weighted by atomic mass is 19.4. The number of ketones is 1. The van der Waals surface area contributed by atoms with Crippen LogP contribution in [-0.4, -0.2) is 29.9 Å². The van der Waals surface area contributed by atoms with E-state index in [-0.39, 0.29) is 42.6 Å². The fourth-order valence-corrected chi connectivity index (χ4v) is 4.09. The molecule has 0 aliphatic carbocycles. The Bertz CT molecular complexity index is 1300. The highest BCUT2D eigenvalue weighted by Crippen LogP contribution is 2.36. The molecule has 1 aliphatic heterocycles. The van der Waals surface area contributed by atoms with E-state index >= 15 is 0 Å². The molecule has 36 heavy (non-hydrogen) atoms. The number of carbonyl (C=O) groups is 2. The number of ether oxygens (including phenoxy) is 1. The van der Waals surface area contributed by atoms with Gasteiger partial charge >= 0.3 is 6.18 Å². The minimum atomic E-state index is -4.48. The van der Waals surface area contributed by atoms with Crippen molar-refractivity contribution < 1.29 is 27.5 Å². The number of amides is 1. The van der Waals surface area contributed by atoms with Crippen molar-refractivity contribution in [2.75, 3.05) is 18.5 Å². The molecule has 7 nitrogen and oxygen atoms in total. The molecule has 1 atom stereocenters. The van der Waals surface area contributed by atoms with Gasteiger partial charge in [0.05, 0.1) is 29.0 Å². The predicted molar refractivity (Wildman–Crippen MR) is 127 cm³/mol. The Kier molecular flexibility index (Phi) is 7.25. The third-order valence-corrected chi connectivity index (χ3v) is 6.07. The van der Waals surface area contributed by atoms with E-state index in [4.69, 9.17) is 4.74 Å². The molecule has 1 amide bonds. The van der Waals surface area contributed by atoms with Crippen molar-refractivity contribution in [3.05, 3.63) is 93.9 Å². The van der Waals surface area contributed by atoms with E-state index in [1.807, 2.05) is 0 Å². The van der Waals surface area contributed by atoms with Crippen molar-refractivity contribution in [2.45, 2.75) is 25.6 Å². The normalized spacial score (nSPS) is 17.5. The number of H-pyrrole nitrogens is 1. The minimum Gasteiger partial charge on any atom is -0.380 e. The number of rotatable bonds is 8. The lowest BCUT2D eigenvalue weighted by Gasteiger charge is -2.25. The number of hydrogen-bond acceptors (Lipinski definition) is 5. The van der Waals surface area contributed by atoms with Crippen LogP contribution in [0.5, 0.6) is 0 Å². The molecule has 0 bridgehead atoms. The summed E-state index contributed by atoms with van der Waals surface area (Å²) in [6.07, 6.45) is -4.23. The van der Waals surface area contributed by atoms with Crippen LogP contribution < -0.4 is 16.2 Å². The molecule has 1 fully saturated rings. The van der Waals surface area contributed by atoms with Crippen LogP contribution in [-0.2, 0) is 22.3 Å². The largest absolute Gasteiger partial charge is 0.418 e. The summed E-state index contributed by atoms with van der Waals surface area (Å²) >= 11 is 0. The van der Waals surface area contributed by atoms with E-state index in [0.717, 1.165) is 11.6 Å². The molecule has 1 saturated heterocycles. The summed E-state index contributed by atoms with van der Waals surface area (Å²) in [5.41, 5.74) is -0.945. The second kappa shape index (κ2) is 10.4. The average molecular weight is 499 g/mol. The highest BCUT2D eigenvalue weighted by molar-refractivity contribution is 5.98. The number of hydrogen-bond donors (Lipinski definition) is 3. The van der Waals surface area contributed by atoms with E-state index in [1.54, 1.807) is 24.3 Å². The summed E-state index contributed by atoms with van der Waals surface area (Å²) in [4.78, 5) is 39.8. The van der Waals surface area contributed by atoms with E-state index in [0.29, 0.717) is 18.7 Å². The van der Waals surface area contributed by atoms with Crippen LogP contribution in [0.25, 0.3) is 0 Å². The number of aromatic amines is 1. The first kappa shape index (κ1) is 25.2. The Morgan fingerprint density at radius 3 is 2.42 bits per heavy atom. The average Bonchev–Trinajstić information content (AvgIpc) is 3.33. The third-order valence-electron chi connectivity index (χ3n) is 6.07. The highest BCUT2D eigenvalue weighted by Gasteiger charge is 2.44. The quantitative estimate of drug-likeness (QED) is 0.398. The Hall–Kier alpha value is -3.92. The molecule has 1 aliphatic rings. The van der Waals surface area contributed by atoms with Crippen LogP contribution in [0.15, 0.2) is 71.5 Å². The number of benzene rings is 2. The second-order valence-corrected chi connectivity index (χ2v) is 8.66. The smallest absolute Gasteiger partial charge is 0.380 e. The lowest BCUT2D eigenvalue weighted by molar-refractivity contribution is -0.137. The molecule has 1 aromatic heterocycles. The number of nitrogens with one attached hydrogen (secondary N) is 3. The molecule has 0 spiro atoms. The number of halogens is 3. The lowest BCUT2D eigenvalue weighted by Crippen LogP contribution is -2.43. The van der Waals surface area contributed by atoms with Gasteiger partial charge in [-0.15, -0.1) is 0 Å². The van der Waals surface area contributed by atoms with Crippen LogP contribution in [0.1, 0.15) is 34.5 Å². The summed E-state index contributed by atoms with van der Waals surface area (Å²) in [7, 11) is 0. The minimum absolute atomic E-state index is 0.0568. The number of para-hydroxylation sites is 1. The number of pyridine rings is 1. The van der Waals surface area contributed by atoms with Gasteiger partial charge in [-0.1, -0.05) is 30.3 Å². The maximum Gasteiger partial charge on any atom is 0.418 e. The van der Waals surface area contributed by atoms with Crippen molar-refractivity contribution in [1.29, 1.82) is 0 Å². The number of alkyl halides is 3. The molecule has 0 saturated carbocycles. The van der Waals surface area contributed by atoms with Gasteiger partial charge in [0.15, 0.2) is 5.78 Å². The van der Waals surface area contributed by atoms with Gasteiger partial charge in [-0.25, -0.2) is 0 Å². The Labute approximate surface area is 204 Å². The fraction of sp³-hybridized carbons (Fsp3) is 0.269. The Morgan fingerprint density at radius 2 is 1.75 bits per heavy atom. The molecule has 2 aromatic carbocycles. The van der Waals surface area contributed by atoms with E-state index in [2.05, 4.69) is 15.6 Å². The van der Waals surface area contributed by atoms with Crippen molar-refractivity contribution in [2.24, 2.45) is 5.41 Å². The predicted octanol–water partition coefficient (Wildman–Crippen LogP) is 4.43. The summed E-state index contributed by atoms with van der Waals surface area (Å²) in [5.74, 6) is -0.698. The summed E-state index contributed by atoms with van der Waals surface area (Å²) in [6, 6.07) is 16.1. The molecule has 0 radical (unpaired) electrons. The maximum absolute atomic E-state index is 13.2. The number of aromatic nitrogens is 1. The van der Waals surface area contributed by atoms with Crippen LogP contribution >= 0.6 is 0 Å². The van der Waals surface area contributed by atoms with Gasteiger partial charge in [0.2, 0.25) is 11.5 Å². The molecule has 10 heteroatoms. The zero-order valence-electron chi connectivity index (χ0n) is 19.2. The van der Waals surface area contributed by atoms with Gasteiger partial charge < -0.3 is 20.4 Å². The second-order valence-electron chi connectivity index (χ2n) is 8.66. The Morgan fingerprint density at radius 1 is 1.00 bits per heavy atom. The van der Waals surface area contributed by atoms with Crippen LogP contribution in [0.4, 0.5) is 24.5 Å². The van der Waals surface area contributed by atoms with Crippen LogP contribution in [0.2, 0.25) is 0 Å². The number of Topliss-reactive ketones (excluding diaryl/α,β-unsaturated/α-hetero) is 1. The SMILES string of the molecule is O=C(C[C@@]1(C(=O)NCc2ccc(Nc3ccccc3C(F)(F)F)cc2)CCOC1)c1cccc(=O)[nH]1. The zero-order chi connectivity index (χ0) is 25.8. The van der Waals surface area contributed by atoms with E-state index in [9.17, 15) is 27.6 Å². The maximum atomic E-state index is 13.2. The lowest BCUT2D eigenvalue weighted by atomic mass is 9.80. The molecule has 3 N–H and O–H groups in total. The molecule has 0 unspecified atom stereocenters. The standard InChI is InChI=1S/C26H24F3N3O4/c27-26(28,29)19-4-1-2-5-20(19)31-18-10-8-17(9-11-18)15-30-24(35)25(12-13-36-16-25)14-22(33)21-6-3-7-23(34)32-21/h1-11,31H,12-16H2,(H,30,35)(H,32,34)/t25-/m0/s1. The molecule has 3 aromatic rings. The molecule has 4 rings (SSSR count). The molecular formula is C26H24F3N3O4. The first-order valence-electron chi connectivity index (χ1n) is 11.3. The molecule has 188 valence electrons. The van der Waals surface area contributed by atoms with Gasteiger partial charge in [-0.2, -0.15) is 13.2 Å². The van der Waals surface area contributed by atoms with Crippen molar-refractivity contribution in [3.8, 4) is 0 Å². The summed E-state index contributed by atoms with van der Waals surface area (Å²) in [6.45, 7) is 0.589. The van der Waals surface area contributed by atoms with Gasteiger partial charge in [-0.3, -0.25) is 14.4 Å². The number of anilines is 2. The topological polar surface area (TPSA) is 100 Å². The first-order chi connectivity index (χ1) is 17.2. The van der Waals surface area contributed by atoms with Gasteiger partial charge in [-0.05, 0) is 42.3 Å². The van der Waals surface area contributed by atoms with Crippen LogP contribution in [0.3, 0.4) is 0 Å². The molecule has 2 heterocycles. The van der Waals surface area contributed by atoms with E-state index in [1.165, 1.54) is 36.4 Å². The van der Waals surface area contributed by atoms with E-state index < -0.39 is 22.7 Å². The summed E-state index contributed by atoms with van der Waals surface area (Å²) in [5, 5.41) is 5.61. The van der Waals surface area contributed by atoms with Crippen molar-refractivity contribution in [3.63, 3.8) is 0 Å². The van der Waals surface area contributed by atoms with Gasteiger partial charge in [0.1, 0.15) is 0 Å². The van der Waals surface area contributed by atoms with Crippen molar-refractivity contribution in [1.82, 2.24) is 10.3 Å². The Balaban J connectivity index is 1.39. The third kappa shape index (κ3) is 5.83. The first-order valence-corrected chi connectivity index (χ1v) is 11.3. The summed E-state index contributed by atoms with van der Waals surface area (Å²) < 4.78 is 45.1. The zero-order valence-corrected chi connectivity index (χ0v) is 19.2. The van der Waals surface area contributed by atoms with Gasteiger partial charge in [0.25, 0.3) is 0 Å². The van der Waals surface area contributed by atoms with Gasteiger partial charge in [0, 0.05) is 31.3 Å². The number of carbonyl (C=O) groups excluding carboxylic acids is 2. The fourth-order valence-electron chi connectivity index (χ4n) is 4.09. The van der Waals surface area contributed by atoms with Crippen LogP contribution in [0, 0.1) is 5.41 Å².